The number of carbonyl (C=O) groups is 1. The molecule has 6 N–H and O–H groups in total. The second kappa shape index (κ2) is 8.39. The van der Waals surface area contributed by atoms with Gasteiger partial charge in [-0.3, -0.25) is 10.2 Å². The van der Waals surface area contributed by atoms with E-state index in [2.05, 4.69) is 29.6 Å². The van der Waals surface area contributed by atoms with Gasteiger partial charge in [-0.25, -0.2) is 0 Å². The predicted octanol–water partition coefficient (Wildman–Crippen LogP) is 3.21. The fraction of sp³-hybridized carbons (Fsp3) is 0.167. The standard InChI is InChI=1S/C24H25N5O/c25-11-4-12-28-24(30)22-13-17-9-10-18(23(26)27)14-21(17)29(22)15-19-7-3-6-16-5-1-2-8-20(16)19/h1-3,5-10,13-14H,4,11-12,15,25H2,(H3,26,27)(H,28,30). The van der Waals surface area contributed by atoms with Gasteiger partial charge in [0.05, 0.1) is 0 Å². The number of nitrogens with zero attached hydrogens (tertiary/aromatic N) is 1. The SMILES string of the molecule is N=C(N)c1ccc2cc(C(=O)NCCCN)n(Cc3cccc4ccccc34)c2c1. The largest absolute Gasteiger partial charge is 0.384 e. The van der Waals surface area contributed by atoms with E-state index in [-0.39, 0.29) is 11.7 Å². The Hall–Kier alpha value is -3.64. The van der Waals surface area contributed by atoms with Crippen molar-refractivity contribution in [2.45, 2.75) is 13.0 Å². The predicted molar refractivity (Wildman–Crippen MR) is 122 cm³/mol. The van der Waals surface area contributed by atoms with Gasteiger partial charge in [0.15, 0.2) is 0 Å². The van der Waals surface area contributed by atoms with Crippen molar-refractivity contribution in [2.75, 3.05) is 13.1 Å². The summed E-state index contributed by atoms with van der Waals surface area (Å²) < 4.78 is 2.00. The molecule has 0 bridgehead atoms. The molecule has 4 rings (SSSR count). The highest BCUT2D eigenvalue weighted by Crippen LogP contribution is 2.26. The van der Waals surface area contributed by atoms with Crippen molar-refractivity contribution in [2.24, 2.45) is 11.5 Å². The zero-order chi connectivity index (χ0) is 21.1. The van der Waals surface area contributed by atoms with Gasteiger partial charge in [-0.2, -0.15) is 0 Å². The van der Waals surface area contributed by atoms with Crippen LogP contribution in [-0.4, -0.2) is 29.4 Å². The molecule has 30 heavy (non-hydrogen) atoms. The van der Waals surface area contributed by atoms with E-state index in [1.54, 1.807) is 0 Å². The van der Waals surface area contributed by atoms with Crippen LogP contribution in [0.3, 0.4) is 0 Å². The van der Waals surface area contributed by atoms with Crippen LogP contribution in [0.4, 0.5) is 0 Å². The topological polar surface area (TPSA) is 110 Å². The monoisotopic (exact) mass is 399 g/mol. The van der Waals surface area contributed by atoms with Crippen molar-refractivity contribution >= 4 is 33.4 Å². The zero-order valence-electron chi connectivity index (χ0n) is 16.7. The molecule has 0 aliphatic carbocycles. The molecule has 1 amide bonds. The van der Waals surface area contributed by atoms with E-state index >= 15 is 0 Å². The minimum atomic E-state index is -0.135. The lowest BCUT2D eigenvalue weighted by molar-refractivity contribution is 0.0945. The number of amides is 1. The summed E-state index contributed by atoms with van der Waals surface area (Å²) in [5.41, 5.74) is 14.5. The Morgan fingerprint density at radius 2 is 1.80 bits per heavy atom. The first-order valence-electron chi connectivity index (χ1n) is 10.0. The van der Waals surface area contributed by atoms with Crippen LogP contribution in [0.5, 0.6) is 0 Å². The van der Waals surface area contributed by atoms with E-state index in [4.69, 9.17) is 16.9 Å². The third kappa shape index (κ3) is 3.77. The number of nitrogens with one attached hydrogen (secondary N) is 2. The maximum atomic E-state index is 12.9. The summed E-state index contributed by atoms with van der Waals surface area (Å²) in [7, 11) is 0. The molecule has 0 aliphatic rings. The molecule has 1 aromatic heterocycles. The molecule has 0 spiro atoms. The summed E-state index contributed by atoms with van der Waals surface area (Å²) in [4.78, 5) is 12.9. The van der Waals surface area contributed by atoms with Crippen LogP contribution in [0.15, 0.2) is 66.7 Å². The van der Waals surface area contributed by atoms with Crippen molar-refractivity contribution < 1.29 is 4.79 Å². The van der Waals surface area contributed by atoms with Gasteiger partial charge < -0.3 is 21.4 Å². The molecular weight excluding hydrogens is 374 g/mol. The number of rotatable bonds is 7. The van der Waals surface area contributed by atoms with E-state index in [1.807, 2.05) is 47.0 Å². The minimum Gasteiger partial charge on any atom is -0.384 e. The van der Waals surface area contributed by atoms with E-state index in [0.717, 1.165) is 33.7 Å². The highest BCUT2D eigenvalue weighted by Gasteiger charge is 2.17. The molecule has 0 unspecified atom stereocenters. The molecule has 0 atom stereocenters. The van der Waals surface area contributed by atoms with E-state index < -0.39 is 0 Å². The lowest BCUT2D eigenvalue weighted by Crippen LogP contribution is -2.28. The van der Waals surface area contributed by atoms with E-state index in [0.29, 0.717) is 30.9 Å². The Balaban J connectivity index is 1.84. The minimum absolute atomic E-state index is 0.00348. The van der Waals surface area contributed by atoms with Gasteiger partial charge in [0, 0.05) is 29.6 Å². The Bertz CT molecular complexity index is 1240. The Morgan fingerprint density at radius 3 is 2.60 bits per heavy atom. The van der Waals surface area contributed by atoms with Gasteiger partial charge in [-0.15, -0.1) is 0 Å². The quantitative estimate of drug-likeness (QED) is 0.218. The van der Waals surface area contributed by atoms with E-state index in [1.165, 1.54) is 0 Å². The van der Waals surface area contributed by atoms with Crippen LogP contribution in [0, 0.1) is 5.41 Å². The fourth-order valence-electron chi connectivity index (χ4n) is 3.78. The zero-order valence-corrected chi connectivity index (χ0v) is 16.7. The van der Waals surface area contributed by atoms with Crippen LogP contribution in [0.25, 0.3) is 21.7 Å². The van der Waals surface area contributed by atoms with Crippen LogP contribution in [-0.2, 0) is 6.54 Å². The first-order chi connectivity index (χ1) is 14.6. The lowest BCUT2D eigenvalue weighted by atomic mass is 10.0. The lowest BCUT2D eigenvalue weighted by Gasteiger charge is -2.14. The third-order valence-corrected chi connectivity index (χ3v) is 5.32. The molecule has 6 nitrogen and oxygen atoms in total. The van der Waals surface area contributed by atoms with Gasteiger partial charge in [0.2, 0.25) is 0 Å². The maximum absolute atomic E-state index is 12.9. The average Bonchev–Trinajstić information content (AvgIpc) is 3.12. The van der Waals surface area contributed by atoms with Crippen LogP contribution in [0.2, 0.25) is 0 Å². The molecular formula is C24H25N5O. The normalized spacial score (nSPS) is 11.1. The molecule has 0 saturated carbocycles. The molecule has 0 saturated heterocycles. The van der Waals surface area contributed by atoms with Gasteiger partial charge in [-0.1, -0.05) is 54.6 Å². The first-order valence-corrected chi connectivity index (χ1v) is 10.0. The number of nitrogen functional groups attached to an aromatic ring is 1. The van der Waals surface area contributed by atoms with Crippen LogP contribution < -0.4 is 16.8 Å². The number of benzene rings is 3. The van der Waals surface area contributed by atoms with Gasteiger partial charge >= 0.3 is 0 Å². The maximum Gasteiger partial charge on any atom is 0.267 e. The molecule has 0 fully saturated rings. The highest BCUT2D eigenvalue weighted by atomic mass is 16.1. The summed E-state index contributed by atoms with van der Waals surface area (Å²) >= 11 is 0. The molecule has 1 heterocycles. The van der Waals surface area contributed by atoms with Gasteiger partial charge in [0.1, 0.15) is 11.5 Å². The van der Waals surface area contributed by atoms with Crippen molar-refractivity contribution in [3.05, 3.63) is 83.6 Å². The molecule has 4 aromatic rings. The summed E-state index contributed by atoms with van der Waals surface area (Å²) in [6.07, 6.45) is 0.726. The number of fused-ring (bicyclic) bond motifs is 2. The number of hydrogen-bond acceptors (Lipinski definition) is 3. The molecule has 6 heteroatoms. The van der Waals surface area contributed by atoms with Crippen molar-refractivity contribution in [1.29, 1.82) is 5.41 Å². The second-order valence-electron chi connectivity index (χ2n) is 7.34. The van der Waals surface area contributed by atoms with Crippen molar-refractivity contribution in [3.63, 3.8) is 0 Å². The Labute approximate surface area is 175 Å². The van der Waals surface area contributed by atoms with Gasteiger partial charge in [-0.05, 0) is 41.4 Å². The first kappa shape index (κ1) is 19.7. The third-order valence-electron chi connectivity index (χ3n) is 5.32. The van der Waals surface area contributed by atoms with E-state index in [9.17, 15) is 4.79 Å². The van der Waals surface area contributed by atoms with Crippen molar-refractivity contribution in [1.82, 2.24) is 9.88 Å². The highest BCUT2D eigenvalue weighted by molar-refractivity contribution is 6.02. The molecule has 0 radical (unpaired) electrons. The number of carbonyl (C=O) groups excluding carboxylic acids is 1. The van der Waals surface area contributed by atoms with Crippen molar-refractivity contribution in [3.8, 4) is 0 Å². The number of aromatic nitrogens is 1. The smallest absolute Gasteiger partial charge is 0.267 e. The van der Waals surface area contributed by atoms with Crippen LogP contribution >= 0.6 is 0 Å². The Kier molecular flexibility index (Phi) is 5.50. The number of amidine groups is 1. The summed E-state index contributed by atoms with van der Waals surface area (Å²) in [5.74, 6) is -0.131. The summed E-state index contributed by atoms with van der Waals surface area (Å²) in [5, 5.41) is 14.0. The van der Waals surface area contributed by atoms with Crippen LogP contribution in [0.1, 0.15) is 28.0 Å². The Morgan fingerprint density at radius 1 is 1.00 bits per heavy atom. The number of hydrogen-bond donors (Lipinski definition) is 4. The average molecular weight is 399 g/mol. The summed E-state index contributed by atoms with van der Waals surface area (Å²) in [6, 6.07) is 21.9. The van der Waals surface area contributed by atoms with Gasteiger partial charge in [0.25, 0.3) is 5.91 Å². The fourth-order valence-corrected chi connectivity index (χ4v) is 3.78. The molecule has 3 aromatic carbocycles. The second-order valence-corrected chi connectivity index (χ2v) is 7.34. The molecule has 0 aliphatic heterocycles. The number of nitrogens with two attached hydrogens (primary N) is 2. The molecule has 152 valence electrons. The summed E-state index contributed by atoms with van der Waals surface area (Å²) in [6.45, 7) is 1.59.